The minimum atomic E-state index is -0.976. The number of benzene rings is 2. The molecule has 0 heterocycles. The first-order valence-corrected chi connectivity index (χ1v) is 5.77. The van der Waals surface area contributed by atoms with Crippen LogP contribution in [0, 0.1) is 0 Å². The molecule has 2 aromatic rings. The second-order valence-electron chi connectivity index (χ2n) is 4.08. The highest BCUT2D eigenvalue weighted by Gasteiger charge is 2.10. The standard InChI is InChI=1S/C15H14O4/c1-19-14-7-6-12(15(17)18)8-13(14)11-4-2-10(9-16)3-5-11/h2-8,16H,9H2,1H3,(H,17,18). The van der Waals surface area contributed by atoms with Crippen molar-refractivity contribution >= 4 is 5.97 Å². The van der Waals surface area contributed by atoms with Crippen molar-refractivity contribution in [3.63, 3.8) is 0 Å². The Kier molecular flexibility index (Phi) is 3.82. The van der Waals surface area contributed by atoms with E-state index >= 15 is 0 Å². The van der Waals surface area contributed by atoms with Gasteiger partial charge in [-0.1, -0.05) is 24.3 Å². The van der Waals surface area contributed by atoms with E-state index in [9.17, 15) is 4.79 Å². The van der Waals surface area contributed by atoms with Gasteiger partial charge in [0.15, 0.2) is 0 Å². The highest BCUT2D eigenvalue weighted by molar-refractivity contribution is 5.90. The molecule has 0 aliphatic carbocycles. The van der Waals surface area contributed by atoms with Crippen molar-refractivity contribution < 1.29 is 19.7 Å². The number of ether oxygens (including phenoxy) is 1. The molecule has 2 aromatic carbocycles. The first-order chi connectivity index (χ1) is 9.15. The maximum Gasteiger partial charge on any atom is 0.335 e. The normalized spacial score (nSPS) is 10.2. The number of aromatic carboxylic acids is 1. The molecular formula is C15H14O4. The lowest BCUT2D eigenvalue weighted by Gasteiger charge is -2.10. The molecule has 2 N–H and O–H groups in total. The molecule has 2 rings (SSSR count). The average Bonchev–Trinajstić information content (AvgIpc) is 2.46. The summed E-state index contributed by atoms with van der Waals surface area (Å²) in [4.78, 5) is 11.0. The zero-order valence-corrected chi connectivity index (χ0v) is 10.5. The Morgan fingerprint density at radius 1 is 1.16 bits per heavy atom. The topological polar surface area (TPSA) is 66.8 Å². The number of rotatable bonds is 4. The van der Waals surface area contributed by atoms with Crippen molar-refractivity contribution in [3.05, 3.63) is 53.6 Å². The van der Waals surface area contributed by atoms with E-state index in [0.29, 0.717) is 11.3 Å². The maximum atomic E-state index is 11.0. The van der Waals surface area contributed by atoms with Gasteiger partial charge in [0.1, 0.15) is 5.75 Å². The van der Waals surface area contributed by atoms with Crippen LogP contribution in [0.1, 0.15) is 15.9 Å². The van der Waals surface area contributed by atoms with Gasteiger partial charge in [0.05, 0.1) is 19.3 Å². The molecule has 0 aliphatic rings. The molecule has 98 valence electrons. The van der Waals surface area contributed by atoms with Crippen LogP contribution < -0.4 is 4.74 Å². The molecule has 19 heavy (non-hydrogen) atoms. The van der Waals surface area contributed by atoms with Gasteiger partial charge in [0, 0.05) is 5.56 Å². The number of carbonyl (C=O) groups is 1. The first-order valence-electron chi connectivity index (χ1n) is 5.77. The number of methoxy groups -OCH3 is 1. The fraction of sp³-hybridized carbons (Fsp3) is 0.133. The Labute approximate surface area is 110 Å². The smallest absolute Gasteiger partial charge is 0.335 e. The molecule has 0 atom stereocenters. The van der Waals surface area contributed by atoms with E-state index in [1.165, 1.54) is 6.07 Å². The van der Waals surface area contributed by atoms with Gasteiger partial charge in [0.25, 0.3) is 0 Å². The fourth-order valence-electron chi connectivity index (χ4n) is 1.86. The summed E-state index contributed by atoms with van der Waals surface area (Å²) in [5.74, 6) is -0.363. The number of aliphatic hydroxyl groups excluding tert-OH is 1. The molecule has 0 aromatic heterocycles. The summed E-state index contributed by atoms with van der Waals surface area (Å²) in [6.07, 6.45) is 0. The van der Waals surface area contributed by atoms with Crippen molar-refractivity contribution in [1.82, 2.24) is 0 Å². The van der Waals surface area contributed by atoms with Crippen LogP contribution >= 0.6 is 0 Å². The van der Waals surface area contributed by atoms with E-state index < -0.39 is 5.97 Å². The Hall–Kier alpha value is -2.33. The van der Waals surface area contributed by atoms with Crippen LogP contribution in [0.5, 0.6) is 5.75 Å². The lowest BCUT2D eigenvalue weighted by molar-refractivity contribution is 0.0697. The predicted octanol–water partition coefficient (Wildman–Crippen LogP) is 2.55. The van der Waals surface area contributed by atoms with Crippen molar-refractivity contribution in [1.29, 1.82) is 0 Å². The van der Waals surface area contributed by atoms with Crippen LogP contribution in [-0.2, 0) is 6.61 Å². The molecule has 0 amide bonds. The lowest BCUT2D eigenvalue weighted by atomic mass is 10.0. The predicted molar refractivity (Wildman–Crippen MR) is 71.3 cm³/mol. The van der Waals surface area contributed by atoms with E-state index in [-0.39, 0.29) is 12.2 Å². The SMILES string of the molecule is COc1ccc(C(=O)O)cc1-c1ccc(CO)cc1. The monoisotopic (exact) mass is 258 g/mol. The second-order valence-corrected chi connectivity index (χ2v) is 4.08. The van der Waals surface area contributed by atoms with E-state index in [4.69, 9.17) is 14.9 Å². The van der Waals surface area contributed by atoms with Gasteiger partial charge in [-0.2, -0.15) is 0 Å². The third-order valence-electron chi connectivity index (χ3n) is 2.89. The van der Waals surface area contributed by atoms with Gasteiger partial charge in [-0.25, -0.2) is 4.79 Å². The second kappa shape index (κ2) is 5.54. The van der Waals surface area contributed by atoms with Gasteiger partial charge in [0.2, 0.25) is 0 Å². The zero-order chi connectivity index (χ0) is 13.8. The maximum absolute atomic E-state index is 11.0. The van der Waals surface area contributed by atoms with Crippen molar-refractivity contribution in [2.45, 2.75) is 6.61 Å². The minimum absolute atomic E-state index is 0.0212. The summed E-state index contributed by atoms with van der Waals surface area (Å²) in [5.41, 5.74) is 2.57. The van der Waals surface area contributed by atoms with Gasteiger partial charge in [-0.15, -0.1) is 0 Å². The summed E-state index contributed by atoms with van der Waals surface area (Å²) in [6, 6.07) is 12.0. The highest BCUT2D eigenvalue weighted by atomic mass is 16.5. The molecule has 0 saturated carbocycles. The number of hydrogen-bond donors (Lipinski definition) is 2. The molecule has 4 heteroatoms. The van der Waals surface area contributed by atoms with Gasteiger partial charge >= 0.3 is 5.97 Å². The van der Waals surface area contributed by atoms with Crippen molar-refractivity contribution in [3.8, 4) is 16.9 Å². The van der Waals surface area contributed by atoms with Crippen molar-refractivity contribution in [2.75, 3.05) is 7.11 Å². The number of carboxylic acids is 1. The molecule has 0 bridgehead atoms. The summed E-state index contributed by atoms with van der Waals surface area (Å²) in [5, 5.41) is 18.0. The summed E-state index contributed by atoms with van der Waals surface area (Å²) in [6.45, 7) is -0.0212. The summed E-state index contributed by atoms with van der Waals surface area (Å²) < 4.78 is 5.25. The number of aliphatic hydroxyl groups is 1. The summed E-state index contributed by atoms with van der Waals surface area (Å²) >= 11 is 0. The Morgan fingerprint density at radius 2 is 1.84 bits per heavy atom. The van der Waals surface area contributed by atoms with E-state index in [0.717, 1.165) is 11.1 Å². The number of carboxylic acid groups (broad SMARTS) is 1. The van der Waals surface area contributed by atoms with Gasteiger partial charge in [-0.05, 0) is 29.3 Å². The molecular weight excluding hydrogens is 244 g/mol. The zero-order valence-electron chi connectivity index (χ0n) is 10.5. The Bertz CT molecular complexity index is 588. The van der Waals surface area contributed by atoms with Gasteiger partial charge in [-0.3, -0.25) is 0 Å². The van der Waals surface area contributed by atoms with Crippen LogP contribution in [0.2, 0.25) is 0 Å². The lowest BCUT2D eigenvalue weighted by Crippen LogP contribution is -1.98. The average molecular weight is 258 g/mol. The Morgan fingerprint density at radius 3 is 2.37 bits per heavy atom. The first kappa shape index (κ1) is 13.1. The largest absolute Gasteiger partial charge is 0.496 e. The van der Waals surface area contributed by atoms with Crippen LogP contribution in [-0.4, -0.2) is 23.3 Å². The molecule has 0 saturated heterocycles. The highest BCUT2D eigenvalue weighted by Crippen LogP contribution is 2.31. The fourth-order valence-corrected chi connectivity index (χ4v) is 1.86. The van der Waals surface area contributed by atoms with E-state index in [2.05, 4.69) is 0 Å². The van der Waals surface area contributed by atoms with Crippen LogP contribution in [0.15, 0.2) is 42.5 Å². The Balaban J connectivity index is 2.51. The van der Waals surface area contributed by atoms with Crippen LogP contribution in [0.4, 0.5) is 0 Å². The molecule has 4 nitrogen and oxygen atoms in total. The van der Waals surface area contributed by atoms with Crippen molar-refractivity contribution in [2.24, 2.45) is 0 Å². The van der Waals surface area contributed by atoms with Crippen LogP contribution in [0.3, 0.4) is 0 Å². The third kappa shape index (κ3) is 2.74. The molecule has 0 fully saturated rings. The van der Waals surface area contributed by atoms with E-state index in [1.54, 1.807) is 31.4 Å². The molecule has 0 aliphatic heterocycles. The summed E-state index contributed by atoms with van der Waals surface area (Å²) in [7, 11) is 1.54. The van der Waals surface area contributed by atoms with Crippen LogP contribution in [0.25, 0.3) is 11.1 Å². The molecule has 0 unspecified atom stereocenters. The third-order valence-corrected chi connectivity index (χ3v) is 2.89. The minimum Gasteiger partial charge on any atom is -0.496 e. The van der Waals surface area contributed by atoms with E-state index in [1.807, 2.05) is 12.1 Å². The quantitative estimate of drug-likeness (QED) is 0.884. The molecule has 0 radical (unpaired) electrons. The number of hydrogen-bond acceptors (Lipinski definition) is 3. The van der Waals surface area contributed by atoms with Gasteiger partial charge < -0.3 is 14.9 Å². The molecule has 0 spiro atoms.